The number of allylic oxidation sites excluding steroid dienone is 1. The van der Waals surface area contributed by atoms with Crippen molar-refractivity contribution in [3.05, 3.63) is 71.0 Å². The molecule has 2 aromatic rings. The van der Waals surface area contributed by atoms with Gasteiger partial charge in [-0.3, -0.25) is 9.59 Å². The third kappa shape index (κ3) is 4.02. The van der Waals surface area contributed by atoms with Gasteiger partial charge in [-0.2, -0.15) is 0 Å². The number of hydrogen-bond acceptors (Lipinski definition) is 3. The summed E-state index contributed by atoms with van der Waals surface area (Å²) < 4.78 is 12.8. The lowest BCUT2D eigenvalue weighted by Crippen LogP contribution is -2.02. The molecule has 0 spiro atoms. The SMILES string of the molecule is O=C(O)Cc1cc(C(=O)C=Cc2ccc(F)cc2)ccc1O. The summed E-state index contributed by atoms with van der Waals surface area (Å²) in [5, 5.41) is 18.3. The molecule has 2 aromatic carbocycles. The molecule has 0 saturated carbocycles. The average molecular weight is 300 g/mol. The Morgan fingerprint density at radius 1 is 1.09 bits per heavy atom. The van der Waals surface area contributed by atoms with Crippen LogP contribution >= 0.6 is 0 Å². The van der Waals surface area contributed by atoms with Gasteiger partial charge in [-0.1, -0.05) is 18.2 Å². The van der Waals surface area contributed by atoms with E-state index in [1.54, 1.807) is 0 Å². The van der Waals surface area contributed by atoms with Crippen LogP contribution in [0.5, 0.6) is 5.75 Å². The van der Waals surface area contributed by atoms with Crippen molar-refractivity contribution < 1.29 is 24.2 Å². The van der Waals surface area contributed by atoms with E-state index in [1.165, 1.54) is 54.6 Å². The molecule has 0 aromatic heterocycles. The lowest BCUT2D eigenvalue weighted by molar-refractivity contribution is -0.136. The second-order valence-electron chi connectivity index (χ2n) is 4.66. The second-order valence-corrected chi connectivity index (χ2v) is 4.66. The molecule has 0 aliphatic rings. The van der Waals surface area contributed by atoms with Gasteiger partial charge in [0, 0.05) is 11.1 Å². The number of aliphatic carboxylic acids is 1. The molecular formula is C17H13FO4. The molecule has 112 valence electrons. The molecular weight excluding hydrogens is 287 g/mol. The van der Waals surface area contributed by atoms with Crippen molar-refractivity contribution in [1.29, 1.82) is 0 Å². The number of carbonyl (C=O) groups excluding carboxylic acids is 1. The van der Waals surface area contributed by atoms with E-state index in [4.69, 9.17) is 5.11 Å². The molecule has 0 heterocycles. The van der Waals surface area contributed by atoms with E-state index in [-0.39, 0.29) is 34.9 Å². The Morgan fingerprint density at radius 2 is 1.77 bits per heavy atom. The lowest BCUT2D eigenvalue weighted by atomic mass is 10.0. The normalized spacial score (nSPS) is 10.8. The van der Waals surface area contributed by atoms with Gasteiger partial charge in [-0.15, -0.1) is 0 Å². The van der Waals surface area contributed by atoms with Crippen molar-refractivity contribution in [2.75, 3.05) is 0 Å². The summed E-state index contributed by atoms with van der Waals surface area (Å²) in [4.78, 5) is 22.7. The molecule has 2 N–H and O–H groups in total. The summed E-state index contributed by atoms with van der Waals surface area (Å²) in [7, 11) is 0. The van der Waals surface area contributed by atoms with Crippen LogP contribution in [-0.4, -0.2) is 22.0 Å². The van der Waals surface area contributed by atoms with Crippen LogP contribution in [0.4, 0.5) is 4.39 Å². The topological polar surface area (TPSA) is 74.6 Å². The molecule has 0 saturated heterocycles. The number of carboxylic acids is 1. The highest BCUT2D eigenvalue weighted by atomic mass is 19.1. The third-order valence-corrected chi connectivity index (χ3v) is 3.00. The minimum Gasteiger partial charge on any atom is -0.508 e. The van der Waals surface area contributed by atoms with Gasteiger partial charge in [0.15, 0.2) is 5.78 Å². The Labute approximate surface area is 126 Å². The van der Waals surface area contributed by atoms with E-state index < -0.39 is 5.97 Å². The minimum absolute atomic E-state index is 0.165. The van der Waals surface area contributed by atoms with E-state index in [1.807, 2.05) is 0 Å². The number of halogens is 1. The van der Waals surface area contributed by atoms with Crippen molar-refractivity contribution in [3.63, 3.8) is 0 Å². The van der Waals surface area contributed by atoms with Crippen LogP contribution in [0.2, 0.25) is 0 Å². The summed E-state index contributed by atoms with van der Waals surface area (Å²) in [5.74, 6) is -1.96. The molecule has 22 heavy (non-hydrogen) atoms. The number of carboxylic acid groups (broad SMARTS) is 1. The molecule has 0 amide bonds. The zero-order chi connectivity index (χ0) is 16.1. The van der Waals surface area contributed by atoms with E-state index in [9.17, 15) is 19.1 Å². The first-order valence-corrected chi connectivity index (χ1v) is 6.47. The van der Waals surface area contributed by atoms with Gasteiger partial charge < -0.3 is 10.2 Å². The van der Waals surface area contributed by atoms with Crippen molar-refractivity contribution in [2.24, 2.45) is 0 Å². The second kappa shape index (κ2) is 6.67. The summed E-state index contributed by atoms with van der Waals surface area (Å²) in [6.45, 7) is 0. The fraction of sp³-hybridized carbons (Fsp3) is 0.0588. The molecule has 0 radical (unpaired) electrons. The Bertz CT molecular complexity index is 733. The van der Waals surface area contributed by atoms with Crippen LogP contribution in [0.1, 0.15) is 21.5 Å². The van der Waals surface area contributed by atoms with Crippen molar-refractivity contribution in [1.82, 2.24) is 0 Å². The van der Waals surface area contributed by atoms with Gasteiger partial charge >= 0.3 is 5.97 Å². The molecule has 0 fully saturated rings. The minimum atomic E-state index is -1.10. The zero-order valence-electron chi connectivity index (χ0n) is 11.5. The molecule has 0 aliphatic carbocycles. The standard InChI is InChI=1S/C17H13FO4/c18-14-5-1-11(2-6-14)3-7-15(19)12-4-8-16(20)13(9-12)10-17(21)22/h1-9,20H,10H2,(H,21,22). The molecule has 0 bridgehead atoms. The third-order valence-electron chi connectivity index (χ3n) is 3.00. The quantitative estimate of drug-likeness (QED) is 0.657. The molecule has 4 nitrogen and oxygen atoms in total. The molecule has 0 aliphatic heterocycles. The largest absolute Gasteiger partial charge is 0.508 e. The first kappa shape index (κ1) is 15.4. The summed E-state index contributed by atoms with van der Waals surface area (Å²) in [5.41, 5.74) is 1.11. The summed E-state index contributed by atoms with van der Waals surface area (Å²) in [6, 6.07) is 9.69. The predicted molar refractivity (Wildman–Crippen MR) is 79.2 cm³/mol. The average Bonchev–Trinajstić information content (AvgIpc) is 2.48. The van der Waals surface area contributed by atoms with Crippen molar-refractivity contribution >= 4 is 17.8 Å². The lowest BCUT2D eigenvalue weighted by Gasteiger charge is -2.04. The van der Waals surface area contributed by atoms with Crippen LogP contribution < -0.4 is 0 Å². The first-order valence-electron chi connectivity index (χ1n) is 6.47. The maximum absolute atomic E-state index is 12.8. The summed E-state index contributed by atoms with van der Waals surface area (Å²) in [6.07, 6.45) is 2.48. The Balaban J connectivity index is 2.18. The van der Waals surface area contributed by atoms with E-state index in [2.05, 4.69) is 0 Å². The predicted octanol–water partition coefficient (Wildman–Crippen LogP) is 3.05. The van der Waals surface area contributed by atoms with Gasteiger partial charge in [0.05, 0.1) is 6.42 Å². The number of carbonyl (C=O) groups is 2. The van der Waals surface area contributed by atoms with E-state index in [0.29, 0.717) is 5.56 Å². The smallest absolute Gasteiger partial charge is 0.307 e. The number of benzene rings is 2. The first-order chi connectivity index (χ1) is 10.5. The fourth-order valence-corrected chi connectivity index (χ4v) is 1.89. The van der Waals surface area contributed by atoms with Gasteiger partial charge in [-0.25, -0.2) is 4.39 Å². The van der Waals surface area contributed by atoms with Crippen molar-refractivity contribution in [3.8, 4) is 5.75 Å². The maximum Gasteiger partial charge on any atom is 0.307 e. The zero-order valence-corrected chi connectivity index (χ0v) is 11.5. The Hall–Kier alpha value is -2.95. The van der Waals surface area contributed by atoms with E-state index >= 15 is 0 Å². The monoisotopic (exact) mass is 300 g/mol. The van der Waals surface area contributed by atoms with Gasteiger partial charge in [-0.05, 0) is 42.0 Å². The molecule has 5 heteroatoms. The van der Waals surface area contributed by atoms with Gasteiger partial charge in [0.25, 0.3) is 0 Å². The highest BCUT2D eigenvalue weighted by molar-refractivity contribution is 6.07. The number of rotatable bonds is 5. The number of ketones is 1. The van der Waals surface area contributed by atoms with Crippen LogP contribution in [0.25, 0.3) is 6.08 Å². The molecule has 0 atom stereocenters. The Kier molecular flexibility index (Phi) is 4.68. The number of hydrogen-bond donors (Lipinski definition) is 2. The maximum atomic E-state index is 12.8. The Morgan fingerprint density at radius 3 is 2.41 bits per heavy atom. The van der Waals surface area contributed by atoms with Crippen LogP contribution in [-0.2, 0) is 11.2 Å². The highest BCUT2D eigenvalue weighted by Crippen LogP contribution is 2.20. The van der Waals surface area contributed by atoms with Crippen LogP contribution in [0.3, 0.4) is 0 Å². The van der Waals surface area contributed by atoms with Gasteiger partial charge in [0.2, 0.25) is 0 Å². The van der Waals surface area contributed by atoms with Crippen LogP contribution in [0, 0.1) is 5.82 Å². The fourth-order valence-electron chi connectivity index (χ4n) is 1.89. The van der Waals surface area contributed by atoms with E-state index in [0.717, 1.165) is 0 Å². The summed E-state index contributed by atoms with van der Waals surface area (Å²) >= 11 is 0. The van der Waals surface area contributed by atoms with Gasteiger partial charge in [0.1, 0.15) is 11.6 Å². The highest BCUT2D eigenvalue weighted by Gasteiger charge is 2.10. The number of phenols is 1. The number of phenolic OH excluding ortho intramolecular Hbond substituents is 1. The number of aromatic hydroxyl groups is 1. The molecule has 2 rings (SSSR count). The van der Waals surface area contributed by atoms with Crippen molar-refractivity contribution in [2.45, 2.75) is 6.42 Å². The van der Waals surface area contributed by atoms with Crippen LogP contribution in [0.15, 0.2) is 48.5 Å². The molecule has 0 unspecified atom stereocenters.